The van der Waals surface area contributed by atoms with Gasteiger partial charge in [0.2, 0.25) is 0 Å². The third kappa shape index (κ3) is 6.95. The van der Waals surface area contributed by atoms with E-state index < -0.39 is 0 Å². The van der Waals surface area contributed by atoms with E-state index in [-0.39, 0.29) is 0 Å². The topological polar surface area (TPSA) is 21.3 Å². The molecule has 1 N–H and O–H groups in total. The van der Waals surface area contributed by atoms with Crippen molar-refractivity contribution in [2.24, 2.45) is 0 Å². The molecule has 1 atom stereocenters. The lowest BCUT2D eigenvalue weighted by Crippen LogP contribution is -2.34. The first-order valence-electron chi connectivity index (χ1n) is 4.56. The molecule has 0 saturated heterocycles. The first-order valence-corrected chi connectivity index (χ1v) is 5.95. The summed E-state index contributed by atoms with van der Waals surface area (Å²) in [5.41, 5.74) is 0. The van der Waals surface area contributed by atoms with E-state index in [4.69, 9.17) is 4.74 Å². The molecule has 0 bridgehead atoms. The second kappa shape index (κ2) is 9.36. The average Bonchev–Trinajstić information content (AvgIpc) is 2.10. The molecule has 0 spiro atoms. The maximum absolute atomic E-state index is 5.13. The van der Waals surface area contributed by atoms with Crippen LogP contribution in [-0.4, -0.2) is 38.3 Å². The van der Waals surface area contributed by atoms with Crippen LogP contribution in [0.25, 0.3) is 0 Å². The number of thioether (sulfide) groups is 1. The van der Waals surface area contributed by atoms with Crippen molar-refractivity contribution in [3.05, 3.63) is 0 Å². The highest BCUT2D eigenvalue weighted by Crippen LogP contribution is 2.00. The zero-order valence-electron chi connectivity index (χ0n) is 8.43. The third-order valence-electron chi connectivity index (χ3n) is 1.72. The zero-order valence-corrected chi connectivity index (χ0v) is 9.25. The van der Waals surface area contributed by atoms with E-state index in [1.165, 1.54) is 18.6 Å². The Balaban J connectivity index is 3.40. The van der Waals surface area contributed by atoms with Crippen molar-refractivity contribution in [2.45, 2.75) is 25.8 Å². The lowest BCUT2D eigenvalue weighted by Gasteiger charge is -2.16. The normalized spacial score (nSPS) is 13.2. The smallest absolute Gasteiger partial charge is 0.0616 e. The standard InChI is InChI=1S/C9H21NOS/c1-4-6-10-9(8-11-2)5-7-12-3/h9-10H,4-8H2,1-3H3. The van der Waals surface area contributed by atoms with E-state index in [0.717, 1.165) is 13.2 Å². The van der Waals surface area contributed by atoms with Crippen molar-refractivity contribution in [3.63, 3.8) is 0 Å². The Kier molecular flexibility index (Phi) is 9.57. The lowest BCUT2D eigenvalue weighted by atomic mass is 10.2. The summed E-state index contributed by atoms with van der Waals surface area (Å²) in [5.74, 6) is 1.21. The van der Waals surface area contributed by atoms with Crippen molar-refractivity contribution in [3.8, 4) is 0 Å². The summed E-state index contributed by atoms with van der Waals surface area (Å²) in [7, 11) is 1.76. The molecular weight excluding hydrogens is 170 g/mol. The van der Waals surface area contributed by atoms with Crippen LogP contribution in [-0.2, 0) is 4.74 Å². The Morgan fingerprint density at radius 2 is 2.25 bits per heavy atom. The van der Waals surface area contributed by atoms with Crippen molar-refractivity contribution >= 4 is 11.8 Å². The minimum absolute atomic E-state index is 0.544. The van der Waals surface area contributed by atoms with Crippen LogP contribution in [0.2, 0.25) is 0 Å². The first-order chi connectivity index (χ1) is 5.85. The molecule has 0 aromatic heterocycles. The second-order valence-electron chi connectivity index (χ2n) is 2.89. The van der Waals surface area contributed by atoms with Crippen molar-refractivity contribution in [2.75, 3.05) is 32.3 Å². The SMILES string of the molecule is CCCNC(CCSC)COC. The summed E-state index contributed by atoms with van der Waals surface area (Å²) >= 11 is 1.89. The monoisotopic (exact) mass is 191 g/mol. The molecule has 0 aromatic rings. The maximum atomic E-state index is 5.13. The summed E-state index contributed by atoms with van der Waals surface area (Å²) in [6.45, 7) is 4.12. The number of methoxy groups -OCH3 is 1. The largest absolute Gasteiger partial charge is 0.383 e. The summed E-state index contributed by atoms with van der Waals surface area (Å²) in [4.78, 5) is 0. The molecule has 0 aliphatic heterocycles. The fraction of sp³-hybridized carbons (Fsp3) is 1.00. The molecule has 1 unspecified atom stereocenters. The quantitative estimate of drug-likeness (QED) is 0.631. The fourth-order valence-electron chi connectivity index (χ4n) is 1.05. The van der Waals surface area contributed by atoms with Crippen LogP contribution in [0.1, 0.15) is 19.8 Å². The molecule has 0 aromatic carbocycles. The summed E-state index contributed by atoms with van der Waals surface area (Å²) in [6.07, 6.45) is 4.54. The van der Waals surface area contributed by atoms with Crippen LogP contribution in [0.3, 0.4) is 0 Å². The van der Waals surface area contributed by atoms with Gasteiger partial charge in [-0.05, 0) is 31.4 Å². The Morgan fingerprint density at radius 3 is 2.75 bits per heavy atom. The second-order valence-corrected chi connectivity index (χ2v) is 3.87. The van der Waals surface area contributed by atoms with Crippen molar-refractivity contribution in [1.82, 2.24) is 5.32 Å². The van der Waals surface area contributed by atoms with Gasteiger partial charge in [0, 0.05) is 13.2 Å². The Morgan fingerprint density at radius 1 is 1.50 bits per heavy atom. The van der Waals surface area contributed by atoms with Gasteiger partial charge in [-0.15, -0.1) is 0 Å². The Labute approximate surface area is 80.4 Å². The van der Waals surface area contributed by atoms with E-state index in [2.05, 4.69) is 18.5 Å². The van der Waals surface area contributed by atoms with Crippen molar-refractivity contribution < 1.29 is 4.74 Å². The molecule has 12 heavy (non-hydrogen) atoms. The summed E-state index contributed by atoms with van der Waals surface area (Å²) in [5, 5.41) is 3.47. The highest BCUT2D eigenvalue weighted by molar-refractivity contribution is 7.98. The van der Waals surface area contributed by atoms with E-state index in [9.17, 15) is 0 Å². The number of rotatable bonds is 8. The van der Waals surface area contributed by atoms with E-state index in [1.54, 1.807) is 7.11 Å². The molecule has 0 amide bonds. The van der Waals surface area contributed by atoms with Gasteiger partial charge in [-0.3, -0.25) is 0 Å². The average molecular weight is 191 g/mol. The Bertz CT molecular complexity index is 82.6. The molecule has 0 radical (unpaired) electrons. The van der Waals surface area contributed by atoms with Crippen LogP contribution in [0.15, 0.2) is 0 Å². The van der Waals surface area contributed by atoms with Gasteiger partial charge < -0.3 is 10.1 Å². The summed E-state index contributed by atoms with van der Waals surface area (Å²) < 4.78 is 5.13. The molecular formula is C9H21NOS. The molecule has 74 valence electrons. The molecule has 3 heteroatoms. The highest BCUT2D eigenvalue weighted by Gasteiger charge is 2.05. The first kappa shape index (κ1) is 12.3. The van der Waals surface area contributed by atoms with Gasteiger partial charge in [-0.2, -0.15) is 11.8 Å². The predicted octanol–water partition coefficient (Wildman–Crippen LogP) is 1.75. The molecule has 0 aliphatic rings. The van der Waals surface area contributed by atoms with Gasteiger partial charge in [0.05, 0.1) is 6.61 Å². The van der Waals surface area contributed by atoms with Gasteiger partial charge in [0.1, 0.15) is 0 Å². The Hall–Kier alpha value is 0.270. The molecule has 0 aliphatic carbocycles. The molecule has 0 heterocycles. The van der Waals surface area contributed by atoms with Crippen LogP contribution in [0.4, 0.5) is 0 Å². The van der Waals surface area contributed by atoms with Crippen LogP contribution >= 0.6 is 11.8 Å². The minimum atomic E-state index is 0.544. The lowest BCUT2D eigenvalue weighted by molar-refractivity contribution is 0.165. The van der Waals surface area contributed by atoms with Crippen molar-refractivity contribution in [1.29, 1.82) is 0 Å². The van der Waals surface area contributed by atoms with Crippen LogP contribution in [0.5, 0.6) is 0 Å². The zero-order chi connectivity index (χ0) is 9.23. The molecule has 2 nitrogen and oxygen atoms in total. The fourth-order valence-corrected chi connectivity index (χ4v) is 1.57. The molecule has 0 saturated carbocycles. The number of nitrogens with one attached hydrogen (secondary N) is 1. The summed E-state index contributed by atoms with van der Waals surface area (Å²) in [6, 6.07) is 0.544. The maximum Gasteiger partial charge on any atom is 0.0616 e. The number of hydrogen-bond donors (Lipinski definition) is 1. The number of ether oxygens (including phenoxy) is 1. The molecule has 0 rings (SSSR count). The van der Waals surface area contributed by atoms with Gasteiger partial charge in [-0.25, -0.2) is 0 Å². The van der Waals surface area contributed by atoms with Gasteiger partial charge >= 0.3 is 0 Å². The minimum Gasteiger partial charge on any atom is -0.383 e. The van der Waals surface area contributed by atoms with Gasteiger partial charge in [0.15, 0.2) is 0 Å². The van der Waals surface area contributed by atoms with Crippen LogP contribution in [0, 0.1) is 0 Å². The molecule has 0 fully saturated rings. The van der Waals surface area contributed by atoms with Crippen LogP contribution < -0.4 is 5.32 Å². The third-order valence-corrected chi connectivity index (χ3v) is 2.37. The predicted molar refractivity (Wildman–Crippen MR) is 57.0 cm³/mol. The highest BCUT2D eigenvalue weighted by atomic mass is 32.2. The van der Waals surface area contributed by atoms with E-state index in [0.29, 0.717) is 6.04 Å². The van der Waals surface area contributed by atoms with Gasteiger partial charge in [-0.1, -0.05) is 6.92 Å². The van der Waals surface area contributed by atoms with E-state index in [1.807, 2.05) is 11.8 Å². The van der Waals surface area contributed by atoms with E-state index >= 15 is 0 Å². The number of hydrogen-bond acceptors (Lipinski definition) is 3. The van der Waals surface area contributed by atoms with Gasteiger partial charge in [0.25, 0.3) is 0 Å².